The highest BCUT2D eigenvalue weighted by Gasteiger charge is 2.23. The maximum atomic E-state index is 12.6. The number of hydrogen-bond acceptors (Lipinski definition) is 9. The molecular formula is C27H30N4O6. The normalized spacial score (nSPS) is 14.1. The van der Waals surface area contributed by atoms with Gasteiger partial charge in [0.25, 0.3) is 0 Å². The molecule has 1 aliphatic rings. The van der Waals surface area contributed by atoms with Gasteiger partial charge in [-0.05, 0) is 55.5 Å². The summed E-state index contributed by atoms with van der Waals surface area (Å²) < 4.78 is 21.2. The van der Waals surface area contributed by atoms with Crippen LogP contribution in [0.15, 0.2) is 58.4 Å². The number of pyridine rings is 1. The van der Waals surface area contributed by atoms with Crippen LogP contribution < -0.4 is 14.8 Å². The van der Waals surface area contributed by atoms with Crippen LogP contribution in [0.1, 0.15) is 56.4 Å². The number of methoxy groups -OCH3 is 2. The van der Waals surface area contributed by atoms with Gasteiger partial charge in [0.05, 0.1) is 26.0 Å². The average molecular weight is 507 g/mol. The fourth-order valence-electron chi connectivity index (χ4n) is 4.00. The Labute approximate surface area is 215 Å². The Kier molecular flexibility index (Phi) is 8.50. The Morgan fingerprint density at radius 3 is 2.51 bits per heavy atom. The van der Waals surface area contributed by atoms with Crippen LogP contribution in [-0.2, 0) is 20.9 Å². The lowest BCUT2D eigenvalue weighted by atomic mass is 9.96. The van der Waals surface area contributed by atoms with Crippen molar-refractivity contribution >= 4 is 11.9 Å². The summed E-state index contributed by atoms with van der Waals surface area (Å²) in [6, 6.07) is 11.2. The number of carbonyl (C=O) groups is 2. The van der Waals surface area contributed by atoms with Crippen molar-refractivity contribution in [2.75, 3.05) is 14.2 Å². The molecule has 1 amide bonds. The highest BCUT2D eigenvalue weighted by atomic mass is 16.5. The van der Waals surface area contributed by atoms with Crippen LogP contribution >= 0.6 is 0 Å². The molecule has 0 radical (unpaired) electrons. The fraction of sp³-hybridized carbons (Fsp3) is 0.370. The average Bonchev–Trinajstić information content (AvgIpc) is 3.43. The van der Waals surface area contributed by atoms with Crippen molar-refractivity contribution in [2.45, 2.75) is 51.6 Å². The number of hydrogen-bond donors (Lipinski definition) is 1. The number of allylic oxidation sites excluding steroid dienone is 1. The Hall–Kier alpha value is -4.21. The Morgan fingerprint density at radius 2 is 1.81 bits per heavy atom. The highest BCUT2D eigenvalue weighted by Crippen LogP contribution is 2.26. The third-order valence-corrected chi connectivity index (χ3v) is 6.07. The van der Waals surface area contributed by atoms with Crippen molar-refractivity contribution in [3.8, 4) is 23.0 Å². The zero-order valence-electron chi connectivity index (χ0n) is 21.2. The molecule has 4 rings (SSSR count). The summed E-state index contributed by atoms with van der Waals surface area (Å²) in [5, 5.41) is 6.89. The van der Waals surface area contributed by atoms with Gasteiger partial charge in [0.2, 0.25) is 17.6 Å². The number of rotatable bonds is 10. The number of nitrogens with one attached hydrogen (secondary N) is 1. The molecule has 0 spiro atoms. The van der Waals surface area contributed by atoms with Crippen LogP contribution in [0, 0.1) is 0 Å². The van der Waals surface area contributed by atoms with Crippen molar-refractivity contribution in [3.05, 3.63) is 65.3 Å². The summed E-state index contributed by atoms with van der Waals surface area (Å²) in [5.41, 5.74) is 2.71. The summed E-state index contributed by atoms with van der Waals surface area (Å²) in [5.74, 6) is 1.12. The number of aromatic nitrogens is 3. The fourth-order valence-corrected chi connectivity index (χ4v) is 4.00. The first-order valence-electron chi connectivity index (χ1n) is 12.1. The van der Waals surface area contributed by atoms with E-state index in [1.165, 1.54) is 7.11 Å². The van der Waals surface area contributed by atoms with E-state index in [1.54, 1.807) is 25.4 Å². The number of ether oxygens (including phenoxy) is 3. The Balaban J connectivity index is 1.32. The number of benzene rings is 1. The molecule has 1 aromatic carbocycles. The molecule has 0 bridgehead atoms. The van der Waals surface area contributed by atoms with E-state index in [4.69, 9.17) is 18.7 Å². The second kappa shape index (κ2) is 12.2. The lowest BCUT2D eigenvalue weighted by Crippen LogP contribution is -2.28. The molecule has 3 aromatic rings. The van der Waals surface area contributed by atoms with Gasteiger partial charge in [-0.25, -0.2) is 9.78 Å². The molecule has 1 aliphatic carbocycles. The summed E-state index contributed by atoms with van der Waals surface area (Å²) in [6.45, 7) is 2.23. The second-order valence-electron chi connectivity index (χ2n) is 8.78. The maximum absolute atomic E-state index is 12.6. The maximum Gasteiger partial charge on any atom is 0.335 e. The van der Waals surface area contributed by atoms with Gasteiger partial charge in [-0.1, -0.05) is 24.2 Å². The molecule has 10 heteroatoms. The molecule has 194 valence electrons. The first-order valence-corrected chi connectivity index (χ1v) is 12.1. The van der Waals surface area contributed by atoms with Crippen LogP contribution in [0.5, 0.6) is 11.5 Å². The predicted octanol–water partition coefficient (Wildman–Crippen LogP) is 4.33. The van der Waals surface area contributed by atoms with Crippen molar-refractivity contribution in [1.29, 1.82) is 0 Å². The van der Waals surface area contributed by atoms with Gasteiger partial charge >= 0.3 is 5.97 Å². The van der Waals surface area contributed by atoms with Gasteiger partial charge in [-0.2, -0.15) is 4.98 Å². The van der Waals surface area contributed by atoms with Gasteiger partial charge in [0.15, 0.2) is 0 Å². The van der Waals surface area contributed by atoms with Crippen molar-refractivity contribution in [3.63, 3.8) is 0 Å². The monoisotopic (exact) mass is 506 g/mol. The highest BCUT2D eigenvalue weighted by molar-refractivity contribution is 5.91. The molecule has 1 N–H and O–H groups in total. The van der Waals surface area contributed by atoms with Gasteiger partial charge in [-0.3, -0.25) is 4.79 Å². The molecule has 2 aromatic heterocycles. The Bertz CT molecular complexity index is 1250. The molecule has 0 fully saturated rings. The number of carbonyl (C=O) groups excluding carboxylic acids is 2. The van der Waals surface area contributed by atoms with Crippen LogP contribution in [-0.4, -0.2) is 41.2 Å². The molecule has 0 saturated heterocycles. The molecular weight excluding hydrogens is 476 g/mol. The minimum Gasteiger partial charge on any atom is -0.497 e. The summed E-state index contributed by atoms with van der Waals surface area (Å²) in [6.07, 6.45) is 4.78. The number of amides is 1. The largest absolute Gasteiger partial charge is 0.497 e. The standard InChI is InChI=1S/C27H30N4O6/c1-17(14-24(32)29-22-7-5-4-6-21(22)27(33)35-3)26-30-25(31-37-26)23-13-12-20(15-28-23)36-16-18-8-10-19(34-2)11-9-18/h8-13,15,17H,4-7,14,16H2,1-3H3,(H,29,32). The van der Waals surface area contributed by atoms with E-state index in [0.29, 0.717) is 53.9 Å². The van der Waals surface area contributed by atoms with E-state index in [0.717, 1.165) is 24.2 Å². The lowest BCUT2D eigenvalue weighted by Gasteiger charge is -2.19. The van der Waals surface area contributed by atoms with Crippen LogP contribution in [0.2, 0.25) is 0 Å². The van der Waals surface area contributed by atoms with Crippen molar-refractivity contribution in [1.82, 2.24) is 20.4 Å². The van der Waals surface area contributed by atoms with Crippen LogP contribution in [0.3, 0.4) is 0 Å². The van der Waals surface area contributed by atoms with Gasteiger partial charge < -0.3 is 24.1 Å². The lowest BCUT2D eigenvalue weighted by molar-refractivity contribution is -0.136. The predicted molar refractivity (Wildman–Crippen MR) is 134 cm³/mol. The van der Waals surface area contributed by atoms with Crippen molar-refractivity contribution in [2.24, 2.45) is 0 Å². The van der Waals surface area contributed by atoms with Crippen molar-refractivity contribution < 1.29 is 28.3 Å². The van der Waals surface area contributed by atoms with E-state index in [9.17, 15) is 9.59 Å². The van der Waals surface area contributed by atoms with E-state index in [2.05, 4.69) is 20.4 Å². The van der Waals surface area contributed by atoms with E-state index in [1.807, 2.05) is 31.2 Å². The zero-order valence-corrected chi connectivity index (χ0v) is 21.2. The smallest absolute Gasteiger partial charge is 0.335 e. The summed E-state index contributed by atoms with van der Waals surface area (Å²) >= 11 is 0. The van der Waals surface area contributed by atoms with Gasteiger partial charge in [0.1, 0.15) is 23.8 Å². The quantitative estimate of drug-likeness (QED) is 0.400. The van der Waals surface area contributed by atoms with E-state index >= 15 is 0 Å². The third-order valence-electron chi connectivity index (χ3n) is 6.07. The summed E-state index contributed by atoms with van der Waals surface area (Å²) in [4.78, 5) is 33.4. The molecule has 2 heterocycles. The molecule has 0 saturated carbocycles. The molecule has 1 unspecified atom stereocenters. The zero-order chi connectivity index (χ0) is 26.2. The SMILES string of the molecule is COC(=O)C1=C(NC(=O)CC(C)c2nc(-c3ccc(OCc4ccc(OC)cc4)cn3)no2)CCCC1. The van der Waals surface area contributed by atoms with Gasteiger partial charge in [-0.15, -0.1) is 0 Å². The van der Waals surface area contributed by atoms with E-state index < -0.39 is 5.97 Å². The molecule has 0 aliphatic heterocycles. The Morgan fingerprint density at radius 1 is 1.05 bits per heavy atom. The molecule has 10 nitrogen and oxygen atoms in total. The van der Waals surface area contributed by atoms with E-state index in [-0.39, 0.29) is 18.2 Å². The third kappa shape index (κ3) is 6.72. The van der Waals surface area contributed by atoms with Crippen LogP contribution in [0.25, 0.3) is 11.5 Å². The van der Waals surface area contributed by atoms with Crippen LogP contribution in [0.4, 0.5) is 0 Å². The number of nitrogens with zero attached hydrogens (tertiary/aromatic N) is 3. The summed E-state index contributed by atoms with van der Waals surface area (Å²) in [7, 11) is 2.97. The molecule has 37 heavy (non-hydrogen) atoms. The number of esters is 1. The minimum atomic E-state index is -0.394. The first kappa shape index (κ1) is 25.9. The topological polar surface area (TPSA) is 126 Å². The molecule has 1 atom stereocenters. The first-order chi connectivity index (χ1) is 18.0. The minimum absolute atomic E-state index is 0.130. The van der Waals surface area contributed by atoms with Gasteiger partial charge in [0, 0.05) is 18.0 Å². The second-order valence-corrected chi connectivity index (χ2v) is 8.78.